The van der Waals surface area contributed by atoms with Crippen LogP contribution in [0.3, 0.4) is 0 Å². The Balaban J connectivity index is 0.823. The molecule has 17 heteroatoms. The van der Waals surface area contributed by atoms with Gasteiger partial charge in [-0.2, -0.15) is 0 Å². The van der Waals surface area contributed by atoms with Gasteiger partial charge in [-0.3, -0.25) is 24.2 Å². The van der Waals surface area contributed by atoms with Gasteiger partial charge in [0, 0.05) is 68.7 Å². The number of aromatic amines is 1. The third-order valence-corrected chi connectivity index (χ3v) is 10.0. The van der Waals surface area contributed by atoms with E-state index in [1.807, 2.05) is 24.3 Å². The minimum atomic E-state index is -0.533. The second-order valence-electron chi connectivity index (χ2n) is 14.4. The summed E-state index contributed by atoms with van der Waals surface area (Å²) in [5, 5.41) is 8.38. The highest BCUT2D eigenvalue weighted by molar-refractivity contribution is 6.07. The molecule has 0 aliphatic carbocycles. The summed E-state index contributed by atoms with van der Waals surface area (Å²) in [6.45, 7) is 4.69. The Morgan fingerprint density at radius 1 is 0.932 bits per heavy atom. The van der Waals surface area contributed by atoms with Gasteiger partial charge in [0.05, 0.1) is 47.7 Å². The highest BCUT2D eigenvalue weighted by Crippen LogP contribution is 2.38. The Kier molecular flexibility index (Phi) is 10.2. The number of carbonyl (C=O) groups excluding carboxylic acids is 4. The monoisotopic (exact) mass is 795 g/mol. The zero-order valence-electron chi connectivity index (χ0n) is 32.5. The van der Waals surface area contributed by atoms with Gasteiger partial charge in [-0.25, -0.2) is 9.97 Å². The van der Waals surface area contributed by atoms with Crippen LogP contribution in [0.2, 0.25) is 0 Å². The molecule has 59 heavy (non-hydrogen) atoms. The molecule has 0 spiro atoms. The summed E-state index contributed by atoms with van der Waals surface area (Å²) < 4.78 is 14.6. The summed E-state index contributed by atoms with van der Waals surface area (Å²) >= 11 is 0. The molecule has 1 atom stereocenters. The summed E-state index contributed by atoms with van der Waals surface area (Å²) in [7, 11) is 4.83. The zero-order chi connectivity index (χ0) is 41.4. The average Bonchev–Trinajstić information content (AvgIpc) is 3.98. The number of nitrogen functional groups attached to an aromatic ring is 1. The standard InChI is InChI=1S/C42H41N11O6/c1-23-14-28-19-44-31-18-35(34(58-4)17-29(31)42(57)53(28)20-23)59-13-5-6-37(54)49-36-22-52(3)39(50-36)41(56)46-27-16-33(51(2)21-27)40(55)45-26-10-7-24(8-11-26)38-47-30-12-9-25(43)15-32(30)48-38/h7-12,15-19,21-22,28H,1,5-6,13-14,20,43H2,2-4H3,(H,45,55)(H,46,56)(H,47,48)(H,49,54). The summed E-state index contributed by atoms with van der Waals surface area (Å²) in [6, 6.07) is 17.5. The topological polar surface area (TPSA) is 216 Å². The molecule has 1 saturated heterocycles. The Bertz CT molecular complexity index is 2690. The number of rotatable bonds is 12. The van der Waals surface area contributed by atoms with Crippen LogP contribution in [0, 0.1) is 0 Å². The second-order valence-corrected chi connectivity index (χ2v) is 14.4. The zero-order valence-corrected chi connectivity index (χ0v) is 32.5. The number of aryl methyl sites for hydroxylation is 2. The Morgan fingerprint density at radius 3 is 2.53 bits per heavy atom. The number of amides is 4. The fourth-order valence-corrected chi connectivity index (χ4v) is 7.08. The minimum absolute atomic E-state index is 0.0494. The lowest BCUT2D eigenvalue weighted by Gasteiger charge is -2.20. The molecule has 300 valence electrons. The van der Waals surface area contributed by atoms with Gasteiger partial charge in [-0.15, -0.1) is 0 Å². The van der Waals surface area contributed by atoms with Crippen molar-refractivity contribution in [2.45, 2.75) is 25.3 Å². The molecule has 1 fully saturated rings. The number of ether oxygens (including phenoxy) is 2. The van der Waals surface area contributed by atoms with Crippen molar-refractivity contribution in [1.29, 1.82) is 0 Å². The Morgan fingerprint density at radius 2 is 1.73 bits per heavy atom. The molecule has 5 heterocycles. The fourth-order valence-electron chi connectivity index (χ4n) is 7.08. The molecule has 0 radical (unpaired) electrons. The van der Waals surface area contributed by atoms with E-state index in [0.717, 1.165) is 22.2 Å². The van der Waals surface area contributed by atoms with Gasteiger partial charge in [0.25, 0.3) is 17.7 Å². The summed E-state index contributed by atoms with van der Waals surface area (Å²) in [5.74, 6) is 0.359. The third kappa shape index (κ3) is 7.98. The number of hydrogen-bond acceptors (Lipinski definition) is 10. The van der Waals surface area contributed by atoms with E-state index in [9.17, 15) is 19.2 Å². The van der Waals surface area contributed by atoms with Crippen LogP contribution in [-0.2, 0) is 18.9 Å². The smallest absolute Gasteiger partial charge is 0.291 e. The quantitative estimate of drug-likeness (QED) is 0.0584. The van der Waals surface area contributed by atoms with E-state index in [0.29, 0.717) is 70.7 Å². The lowest BCUT2D eigenvalue weighted by atomic mass is 10.1. The normalized spacial score (nSPS) is 14.5. The summed E-state index contributed by atoms with van der Waals surface area (Å²) in [5.41, 5.74) is 12.2. The first-order chi connectivity index (χ1) is 28.4. The number of fused-ring (bicyclic) bond motifs is 3. The van der Waals surface area contributed by atoms with Crippen LogP contribution in [0.4, 0.5) is 28.6 Å². The molecule has 3 aromatic heterocycles. The van der Waals surface area contributed by atoms with Crippen LogP contribution in [0.1, 0.15) is 50.7 Å². The van der Waals surface area contributed by atoms with Crippen molar-refractivity contribution in [3.8, 4) is 22.9 Å². The number of imidazole rings is 2. The number of aliphatic imine (C=N–C) groups is 1. The van der Waals surface area contributed by atoms with E-state index in [4.69, 9.17) is 15.2 Å². The van der Waals surface area contributed by atoms with Crippen LogP contribution in [-0.4, -0.2) is 85.1 Å². The first-order valence-corrected chi connectivity index (χ1v) is 18.8. The molecule has 2 aliphatic heterocycles. The van der Waals surface area contributed by atoms with Gasteiger partial charge in [0.2, 0.25) is 11.7 Å². The molecule has 6 N–H and O–H groups in total. The van der Waals surface area contributed by atoms with E-state index < -0.39 is 5.91 Å². The van der Waals surface area contributed by atoms with Gasteiger partial charge < -0.3 is 50.2 Å². The van der Waals surface area contributed by atoms with Gasteiger partial charge in [0.15, 0.2) is 17.3 Å². The average molecular weight is 796 g/mol. The third-order valence-electron chi connectivity index (χ3n) is 10.0. The SMILES string of the molecule is C=C1CC2C=Nc3cc(OCCCC(=O)Nc4cn(C)c(C(=O)Nc5cc(C(=O)Nc6ccc(-c7nc8ccc(N)cc8[nH]7)cc6)n(C)c5)n4)c(OC)cc3C(=O)N2C1. The second kappa shape index (κ2) is 15.7. The number of carbonyl (C=O) groups is 4. The van der Waals surface area contributed by atoms with Crippen LogP contribution in [0.15, 0.2) is 90.2 Å². The van der Waals surface area contributed by atoms with Crippen LogP contribution in [0.25, 0.3) is 22.4 Å². The van der Waals surface area contributed by atoms with Crippen LogP contribution >= 0.6 is 0 Å². The van der Waals surface area contributed by atoms with Gasteiger partial charge in [0.1, 0.15) is 11.5 Å². The van der Waals surface area contributed by atoms with E-state index in [-0.39, 0.29) is 48.4 Å². The molecular weight excluding hydrogens is 755 g/mol. The van der Waals surface area contributed by atoms with Gasteiger partial charge in [-0.05, 0) is 67.4 Å². The lowest BCUT2D eigenvalue weighted by Crippen LogP contribution is -2.35. The molecule has 1 unspecified atom stereocenters. The van der Waals surface area contributed by atoms with Crippen molar-refractivity contribution < 1.29 is 28.7 Å². The number of H-pyrrole nitrogens is 1. The number of methoxy groups -OCH3 is 1. The molecule has 2 aliphatic rings. The van der Waals surface area contributed by atoms with Crippen molar-refractivity contribution >= 4 is 69.4 Å². The number of anilines is 4. The first-order valence-electron chi connectivity index (χ1n) is 18.8. The maximum absolute atomic E-state index is 13.2. The van der Waals surface area contributed by atoms with Gasteiger partial charge >= 0.3 is 0 Å². The predicted octanol–water partition coefficient (Wildman–Crippen LogP) is 5.68. The minimum Gasteiger partial charge on any atom is -0.493 e. The molecule has 4 amide bonds. The molecule has 0 saturated carbocycles. The number of aromatic nitrogens is 5. The van der Waals surface area contributed by atoms with E-state index >= 15 is 0 Å². The molecule has 0 bridgehead atoms. The van der Waals surface area contributed by atoms with Gasteiger partial charge in [-0.1, -0.05) is 12.2 Å². The van der Waals surface area contributed by atoms with E-state index in [1.54, 1.807) is 72.4 Å². The highest BCUT2D eigenvalue weighted by Gasteiger charge is 2.34. The fraction of sp³-hybridized carbons (Fsp3) is 0.214. The van der Waals surface area contributed by atoms with E-state index in [1.165, 1.54) is 17.9 Å². The number of nitrogens with one attached hydrogen (secondary N) is 4. The first kappa shape index (κ1) is 38.2. The molecule has 3 aromatic carbocycles. The molecule has 17 nitrogen and oxygen atoms in total. The maximum Gasteiger partial charge on any atom is 0.291 e. The van der Waals surface area contributed by atoms with Crippen molar-refractivity contribution in [3.63, 3.8) is 0 Å². The van der Waals surface area contributed by atoms with Crippen molar-refractivity contribution in [1.82, 2.24) is 29.0 Å². The van der Waals surface area contributed by atoms with Crippen molar-refractivity contribution in [3.05, 3.63) is 102 Å². The summed E-state index contributed by atoms with van der Waals surface area (Å²) in [4.78, 5) is 71.0. The number of hydrogen-bond donors (Lipinski definition) is 5. The summed E-state index contributed by atoms with van der Waals surface area (Å²) in [6.07, 6.45) is 6.06. The number of nitrogens with zero attached hydrogens (tertiary/aromatic N) is 6. The van der Waals surface area contributed by atoms with Crippen molar-refractivity contribution in [2.24, 2.45) is 19.1 Å². The van der Waals surface area contributed by atoms with E-state index in [2.05, 4.69) is 42.5 Å². The van der Waals surface area contributed by atoms with Crippen LogP contribution in [0.5, 0.6) is 11.5 Å². The van der Waals surface area contributed by atoms with Crippen molar-refractivity contribution in [2.75, 3.05) is 41.9 Å². The molecule has 6 aromatic rings. The highest BCUT2D eigenvalue weighted by atomic mass is 16.5. The van der Waals surface area contributed by atoms with Crippen LogP contribution < -0.4 is 31.2 Å². The largest absolute Gasteiger partial charge is 0.493 e. The predicted molar refractivity (Wildman–Crippen MR) is 224 cm³/mol. The number of benzene rings is 3. The Hall–Kier alpha value is -7.69. The molecular formula is C42H41N11O6. The lowest BCUT2D eigenvalue weighted by molar-refractivity contribution is -0.116. The molecule has 8 rings (SSSR count). The maximum atomic E-state index is 13.2. The Labute approximate surface area is 337 Å². The number of nitrogens with two attached hydrogens (primary N) is 1.